The minimum atomic E-state index is 0.412. The average molecular weight is 235 g/mol. The topological polar surface area (TPSA) is 35.0 Å². The maximum absolute atomic E-state index is 5.76. The summed E-state index contributed by atoms with van der Waals surface area (Å²) in [5, 5.41) is 8.34. The van der Waals surface area contributed by atoms with E-state index in [1.54, 1.807) is 13.2 Å². The highest BCUT2D eigenvalue weighted by Crippen LogP contribution is 2.23. The first kappa shape index (κ1) is 10.9. The third kappa shape index (κ3) is 2.14. The van der Waals surface area contributed by atoms with Crippen LogP contribution in [0.3, 0.4) is 0 Å². The molecule has 1 heterocycles. The SMILES string of the molecule is COc1ccc(-c2nnc(Cl)cc2C)cc1. The summed E-state index contributed by atoms with van der Waals surface area (Å²) in [5.41, 5.74) is 2.85. The second-order valence-electron chi connectivity index (χ2n) is 3.43. The number of aryl methyl sites for hydroxylation is 1. The molecule has 0 N–H and O–H groups in total. The number of aromatic nitrogens is 2. The first-order chi connectivity index (χ1) is 7.70. The monoisotopic (exact) mass is 234 g/mol. The second kappa shape index (κ2) is 4.49. The van der Waals surface area contributed by atoms with E-state index in [0.717, 1.165) is 22.6 Å². The van der Waals surface area contributed by atoms with Crippen LogP contribution in [0.15, 0.2) is 30.3 Å². The van der Waals surface area contributed by atoms with Gasteiger partial charge in [0.15, 0.2) is 5.15 Å². The molecule has 3 nitrogen and oxygen atoms in total. The van der Waals surface area contributed by atoms with Crippen molar-refractivity contribution < 1.29 is 4.74 Å². The molecule has 0 aliphatic rings. The molecule has 2 rings (SSSR count). The van der Waals surface area contributed by atoms with E-state index in [1.165, 1.54) is 0 Å². The zero-order chi connectivity index (χ0) is 11.5. The molecule has 2 aromatic rings. The Kier molecular flexibility index (Phi) is 3.06. The summed E-state index contributed by atoms with van der Waals surface area (Å²) in [6, 6.07) is 9.48. The molecule has 0 spiro atoms. The van der Waals surface area contributed by atoms with Crippen molar-refractivity contribution in [2.45, 2.75) is 6.92 Å². The summed E-state index contributed by atoms with van der Waals surface area (Å²) in [6.07, 6.45) is 0. The van der Waals surface area contributed by atoms with Gasteiger partial charge in [-0.3, -0.25) is 0 Å². The van der Waals surface area contributed by atoms with E-state index in [0.29, 0.717) is 5.15 Å². The standard InChI is InChI=1S/C12H11ClN2O/c1-8-7-11(13)14-15-12(8)9-3-5-10(16-2)6-4-9/h3-7H,1-2H3. The lowest BCUT2D eigenvalue weighted by molar-refractivity contribution is 0.415. The fraction of sp³-hybridized carbons (Fsp3) is 0.167. The molecule has 1 aromatic heterocycles. The van der Waals surface area contributed by atoms with Crippen molar-refractivity contribution in [3.8, 4) is 17.0 Å². The Hall–Kier alpha value is -1.61. The van der Waals surface area contributed by atoms with E-state index in [-0.39, 0.29) is 0 Å². The van der Waals surface area contributed by atoms with Gasteiger partial charge in [-0.25, -0.2) is 0 Å². The highest BCUT2D eigenvalue weighted by Gasteiger charge is 2.05. The molecule has 1 aromatic carbocycles. The number of halogens is 1. The van der Waals surface area contributed by atoms with Gasteiger partial charge in [-0.1, -0.05) is 11.6 Å². The van der Waals surface area contributed by atoms with E-state index < -0.39 is 0 Å². The number of ether oxygens (including phenoxy) is 1. The van der Waals surface area contributed by atoms with Crippen LogP contribution in [0.25, 0.3) is 11.3 Å². The van der Waals surface area contributed by atoms with Crippen molar-refractivity contribution in [2.24, 2.45) is 0 Å². The molecular weight excluding hydrogens is 224 g/mol. The third-order valence-electron chi connectivity index (χ3n) is 2.32. The molecular formula is C12H11ClN2O. The molecule has 0 saturated carbocycles. The van der Waals surface area contributed by atoms with Crippen molar-refractivity contribution >= 4 is 11.6 Å². The van der Waals surface area contributed by atoms with E-state index in [2.05, 4.69) is 10.2 Å². The first-order valence-electron chi connectivity index (χ1n) is 4.85. The van der Waals surface area contributed by atoms with Crippen molar-refractivity contribution in [1.29, 1.82) is 0 Å². The van der Waals surface area contributed by atoms with Gasteiger partial charge in [-0.2, -0.15) is 0 Å². The Morgan fingerprint density at radius 2 is 1.81 bits per heavy atom. The molecule has 0 unspecified atom stereocenters. The quantitative estimate of drug-likeness (QED) is 0.801. The van der Waals surface area contributed by atoms with Crippen LogP contribution in [0.5, 0.6) is 5.75 Å². The molecule has 0 atom stereocenters. The van der Waals surface area contributed by atoms with Crippen LogP contribution >= 0.6 is 11.6 Å². The van der Waals surface area contributed by atoms with Crippen molar-refractivity contribution in [3.63, 3.8) is 0 Å². The Morgan fingerprint density at radius 3 is 2.38 bits per heavy atom. The first-order valence-corrected chi connectivity index (χ1v) is 5.23. The van der Waals surface area contributed by atoms with E-state index in [4.69, 9.17) is 16.3 Å². The maximum Gasteiger partial charge on any atom is 0.152 e. The zero-order valence-electron chi connectivity index (χ0n) is 9.07. The highest BCUT2D eigenvalue weighted by atomic mass is 35.5. The molecule has 82 valence electrons. The van der Waals surface area contributed by atoms with Gasteiger partial charge in [0.1, 0.15) is 5.75 Å². The van der Waals surface area contributed by atoms with Crippen LogP contribution in [0.2, 0.25) is 5.15 Å². The Balaban J connectivity index is 2.42. The molecule has 16 heavy (non-hydrogen) atoms. The zero-order valence-corrected chi connectivity index (χ0v) is 9.82. The third-order valence-corrected chi connectivity index (χ3v) is 2.50. The fourth-order valence-corrected chi connectivity index (χ4v) is 1.69. The lowest BCUT2D eigenvalue weighted by Crippen LogP contribution is -1.92. The van der Waals surface area contributed by atoms with Gasteiger partial charge in [-0.05, 0) is 42.8 Å². The molecule has 4 heteroatoms. The Morgan fingerprint density at radius 1 is 1.12 bits per heavy atom. The van der Waals surface area contributed by atoms with E-state index in [9.17, 15) is 0 Å². The van der Waals surface area contributed by atoms with E-state index >= 15 is 0 Å². The summed E-state index contributed by atoms with van der Waals surface area (Å²) in [7, 11) is 1.64. The van der Waals surface area contributed by atoms with Crippen molar-refractivity contribution in [3.05, 3.63) is 41.0 Å². The molecule has 0 fully saturated rings. The summed E-state index contributed by atoms with van der Waals surface area (Å²) in [6.45, 7) is 1.96. The summed E-state index contributed by atoms with van der Waals surface area (Å²) in [4.78, 5) is 0. The Bertz CT molecular complexity index is 497. The van der Waals surface area contributed by atoms with Gasteiger partial charge in [0.25, 0.3) is 0 Å². The number of rotatable bonds is 2. The van der Waals surface area contributed by atoms with Gasteiger partial charge in [-0.15, -0.1) is 10.2 Å². The molecule has 0 bridgehead atoms. The van der Waals surface area contributed by atoms with Gasteiger partial charge in [0.2, 0.25) is 0 Å². The van der Waals surface area contributed by atoms with Crippen LogP contribution < -0.4 is 4.74 Å². The predicted octanol–water partition coefficient (Wildman–Crippen LogP) is 3.11. The van der Waals surface area contributed by atoms with Crippen LogP contribution in [-0.4, -0.2) is 17.3 Å². The minimum absolute atomic E-state index is 0.412. The predicted molar refractivity (Wildman–Crippen MR) is 63.8 cm³/mol. The molecule has 0 aliphatic carbocycles. The van der Waals surface area contributed by atoms with Crippen molar-refractivity contribution in [1.82, 2.24) is 10.2 Å². The van der Waals surface area contributed by atoms with Gasteiger partial charge in [0.05, 0.1) is 12.8 Å². The second-order valence-corrected chi connectivity index (χ2v) is 3.81. The lowest BCUT2D eigenvalue weighted by Gasteiger charge is -2.05. The number of methoxy groups -OCH3 is 1. The van der Waals surface area contributed by atoms with Crippen LogP contribution in [0.1, 0.15) is 5.56 Å². The highest BCUT2D eigenvalue weighted by molar-refractivity contribution is 6.29. The van der Waals surface area contributed by atoms with Crippen LogP contribution in [0.4, 0.5) is 0 Å². The summed E-state index contributed by atoms with van der Waals surface area (Å²) < 4.78 is 5.10. The average Bonchev–Trinajstić information content (AvgIpc) is 2.29. The fourth-order valence-electron chi connectivity index (χ4n) is 1.49. The normalized spacial score (nSPS) is 10.2. The number of benzene rings is 1. The summed E-state index contributed by atoms with van der Waals surface area (Å²) >= 11 is 5.76. The molecule has 0 saturated heterocycles. The molecule has 0 aliphatic heterocycles. The summed E-state index contributed by atoms with van der Waals surface area (Å²) in [5.74, 6) is 0.823. The molecule has 0 amide bonds. The largest absolute Gasteiger partial charge is 0.497 e. The maximum atomic E-state index is 5.76. The minimum Gasteiger partial charge on any atom is -0.497 e. The van der Waals surface area contributed by atoms with Gasteiger partial charge >= 0.3 is 0 Å². The number of nitrogens with zero attached hydrogens (tertiary/aromatic N) is 2. The smallest absolute Gasteiger partial charge is 0.152 e. The van der Waals surface area contributed by atoms with Gasteiger partial charge < -0.3 is 4.74 Å². The molecule has 0 radical (unpaired) electrons. The van der Waals surface area contributed by atoms with Gasteiger partial charge in [0, 0.05) is 5.56 Å². The van der Waals surface area contributed by atoms with Crippen molar-refractivity contribution in [2.75, 3.05) is 7.11 Å². The van der Waals surface area contributed by atoms with Crippen LogP contribution in [-0.2, 0) is 0 Å². The van der Waals surface area contributed by atoms with E-state index in [1.807, 2.05) is 31.2 Å². The number of hydrogen-bond donors (Lipinski definition) is 0. The lowest BCUT2D eigenvalue weighted by atomic mass is 10.1. The number of hydrogen-bond acceptors (Lipinski definition) is 3. The Labute approximate surface area is 99.0 Å². The van der Waals surface area contributed by atoms with Crippen LogP contribution in [0, 0.1) is 6.92 Å².